The average molecular weight is 529 g/mol. The third kappa shape index (κ3) is 4.41. The number of hydrogen-bond acceptors (Lipinski definition) is 5. The lowest BCUT2D eigenvalue weighted by Crippen LogP contribution is -2.31. The maximum absolute atomic E-state index is 13.5. The van der Waals surface area contributed by atoms with E-state index in [9.17, 15) is 14.7 Å². The van der Waals surface area contributed by atoms with Crippen molar-refractivity contribution in [2.75, 3.05) is 13.7 Å². The van der Waals surface area contributed by atoms with Crippen LogP contribution in [0.2, 0.25) is 0 Å². The molecule has 1 N–H and O–H groups in total. The molecule has 1 atom stereocenters. The molecule has 0 bridgehead atoms. The van der Waals surface area contributed by atoms with Crippen LogP contribution in [0, 0.1) is 0 Å². The zero-order valence-electron chi connectivity index (χ0n) is 22.3. The van der Waals surface area contributed by atoms with Crippen molar-refractivity contribution in [2.45, 2.75) is 38.6 Å². The van der Waals surface area contributed by atoms with Crippen molar-refractivity contribution in [3.05, 3.63) is 93.3 Å². The highest BCUT2D eigenvalue weighted by Crippen LogP contribution is 2.43. The van der Waals surface area contributed by atoms with Crippen LogP contribution in [0.25, 0.3) is 16.7 Å². The molecule has 2 aromatic heterocycles. The molecule has 7 heteroatoms. The maximum Gasteiger partial charge on any atom is 0.295 e. The summed E-state index contributed by atoms with van der Waals surface area (Å²) in [5.41, 5.74) is 3.53. The Morgan fingerprint density at radius 1 is 1.08 bits per heavy atom. The molecule has 5 rings (SSSR count). The van der Waals surface area contributed by atoms with Gasteiger partial charge in [-0.1, -0.05) is 51.1 Å². The number of amides is 1. The quantitative estimate of drug-likeness (QED) is 0.183. The van der Waals surface area contributed by atoms with E-state index < -0.39 is 17.7 Å². The van der Waals surface area contributed by atoms with Crippen LogP contribution in [-0.4, -0.2) is 39.9 Å². The van der Waals surface area contributed by atoms with Gasteiger partial charge in [0.25, 0.3) is 11.7 Å². The van der Waals surface area contributed by atoms with Crippen molar-refractivity contribution in [1.82, 2.24) is 9.47 Å². The fourth-order valence-corrected chi connectivity index (χ4v) is 6.07. The van der Waals surface area contributed by atoms with Crippen LogP contribution in [-0.2, 0) is 28.5 Å². The topological polar surface area (TPSA) is 71.8 Å². The molecule has 1 aliphatic rings. The lowest BCUT2D eigenvalue weighted by molar-refractivity contribution is -0.139. The van der Waals surface area contributed by atoms with Crippen molar-refractivity contribution in [3.63, 3.8) is 0 Å². The zero-order valence-corrected chi connectivity index (χ0v) is 23.1. The fourth-order valence-electron chi connectivity index (χ4n) is 5.22. The molecule has 0 spiro atoms. The first-order valence-electron chi connectivity index (χ1n) is 12.7. The predicted molar refractivity (Wildman–Crippen MR) is 152 cm³/mol. The zero-order chi connectivity index (χ0) is 27.2. The van der Waals surface area contributed by atoms with Crippen molar-refractivity contribution < 1.29 is 19.4 Å². The SMILES string of the molecule is COc1ccc(C(C)(C)C)cc1/C(O)=C1\C(=O)C(=O)N(CCc2cn(C)c3ccccc23)C1c1cccs1. The molecule has 2 aromatic carbocycles. The minimum atomic E-state index is -0.679. The normalized spacial score (nSPS) is 17.5. The van der Waals surface area contributed by atoms with Gasteiger partial charge in [0.1, 0.15) is 11.5 Å². The minimum absolute atomic E-state index is 0.0970. The van der Waals surface area contributed by atoms with Crippen LogP contribution < -0.4 is 4.74 Å². The average Bonchev–Trinajstić information content (AvgIpc) is 3.60. The molecule has 1 amide bonds. The second kappa shape index (κ2) is 9.80. The number of ketones is 1. The fraction of sp³-hybridized carbons (Fsp3) is 0.290. The van der Waals surface area contributed by atoms with Gasteiger partial charge in [0.2, 0.25) is 0 Å². The molecule has 1 unspecified atom stereocenters. The standard InChI is InChI=1S/C31H32N2O4S/c1-31(2,3)20-12-13-24(37-5)22(17-20)28(34)26-27(25-11-8-16-38-25)33(30(36)29(26)35)15-14-19-18-32(4)23-10-7-6-9-21(19)23/h6-13,16-18,27,34H,14-15H2,1-5H3/b28-26+. The molecule has 196 valence electrons. The van der Waals surface area contributed by atoms with Gasteiger partial charge in [-0.3, -0.25) is 9.59 Å². The Kier molecular flexibility index (Phi) is 6.65. The summed E-state index contributed by atoms with van der Waals surface area (Å²) in [5, 5.41) is 14.7. The lowest BCUT2D eigenvalue weighted by Gasteiger charge is -2.25. The summed E-state index contributed by atoms with van der Waals surface area (Å²) in [6.07, 6.45) is 2.66. The van der Waals surface area contributed by atoms with Gasteiger partial charge >= 0.3 is 0 Å². The molecule has 1 aliphatic heterocycles. The van der Waals surface area contributed by atoms with Gasteiger partial charge in [0, 0.05) is 35.6 Å². The van der Waals surface area contributed by atoms with Gasteiger partial charge in [-0.2, -0.15) is 0 Å². The van der Waals surface area contributed by atoms with Crippen molar-refractivity contribution in [2.24, 2.45) is 7.05 Å². The Morgan fingerprint density at radius 3 is 2.53 bits per heavy atom. The van der Waals surface area contributed by atoms with Crippen molar-refractivity contribution >= 4 is 39.7 Å². The summed E-state index contributed by atoms with van der Waals surface area (Å²) in [7, 11) is 3.53. The summed E-state index contributed by atoms with van der Waals surface area (Å²) in [6.45, 7) is 6.58. The summed E-state index contributed by atoms with van der Waals surface area (Å²) in [4.78, 5) is 29.4. The van der Waals surface area contributed by atoms with Gasteiger partial charge in [-0.25, -0.2) is 0 Å². The van der Waals surface area contributed by atoms with Crippen LogP contribution in [0.4, 0.5) is 0 Å². The predicted octanol–water partition coefficient (Wildman–Crippen LogP) is 6.21. The number of fused-ring (bicyclic) bond motifs is 1. The first-order chi connectivity index (χ1) is 18.1. The number of likely N-dealkylation sites (tertiary alicyclic amines) is 1. The highest BCUT2D eigenvalue weighted by molar-refractivity contribution is 7.10. The molecule has 0 radical (unpaired) electrons. The smallest absolute Gasteiger partial charge is 0.295 e. The first kappa shape index (κ1) is 25.8. The molecule has 3 heterocycles. The Balaban J connectivity index is 1.59. The molecule has 0 saturated carbocycles. The number of para-hydroxylation sites is 1. The molecule has 4 aromatic rings. The number of hydrogen-bond donors (Lipinski definition) is 1. The van der Waals surface area contributed by atoms with E-state index in [1.807, 2.05) is 48.8 Å². The summed E-state index contributed by atoms with van der Waals surface area (Å²) in [5.74, 6) is -1.04. The summed E-state index contributed by atoms with van der Waals surface area (Å²) >= 11 is 1.46. The number of aryl methyl sites for hydroxylation is 1. The van der Waals surface area contributed by atoms with Gasteiger partial charge < -0.3 is 19.3 Å². The highest BCUT2D eigenvalue weighted by atomic mass is 32.1. The van der Waals surface area contributed by atoms with E-state index in [1.165, 1.54) is 18.4 Å². The first-order valence-corrected chi connectivity index (χ1v) is 13.5. The van der Waals surface area contributed by atoms with E-state index in [0.29, 0.717) is 24.3 Å². The number of aliphatic hydroxyl groups excluding tert-OH is 1. The number of benzene rings is 2. The third-order valence-corrected chi connectivity index (χ3v) is 8.20. The van der Waals surface area contributed by atoms with E-state index in [1.54, 1.807) is 11.0 Å². The highest BCUT2D eigenvalue weighted by Gasteiger charge is 2.46. The van der Waals surface area contributed by atoms with Crippen LogP contribution in [0.5, 0.6) is 5.75 Å². The molecule has 0 aliphatic carbocycles. The number of methoxy groups -OCH3 is 1. The van der Waals surface area contributed by atoms with E-state index in [2.05, 4.69) is 43.7 Å². The van der Waals surface area contributed by atoms with Crippen molar-refractivity contribution in [1.29, 1.82) is 0 Å². The van der Waals surface area contributed by atoms with E-state index >= 15 is 0 Å². The Labute approximate surface area is 226 Å². The lowest BCUT2D eigenvalue weighted by atomic mass is 9.85. The second-order valence-corrected chi connectivity index (χ2v) is 11.7. The number of carbonyl (C=O) groups is 2. The third-order valence-electron chi connectivity index (χ3n) is 7.27. The number of ether oxygens (including phenoxy) is 1. The second-order valence-electron chi connectivity index (χ2n) is 10.7. The number of aliphatic hydroxyl groups is 1. The molecular formula is C31H32N2O4S. The van der Waals surface area contributed by atoms with Gasteiger partial charge in [0.15, 0.2) is 0 Å². The number of Topliss-reactive ketones (excluding diaryl/α,β-unsaturated/α-hetero) is 1. The van der Waals surface area contributed by atoms with Gasteiger partial charge in [0.05, 0.1) is 24.3 Å². The van der Waals surface area contributed by atoms with E-state index in [4.69, 9.17) is 4.74 Å². The summed E-state index contributed by atoms with van der Waals surface area (Å²) < 4.78 is 7.63. The molecule has 1 fully saturated rings. The van der Waals surface area contributed by atoms with Crippen LogP contribution in [0.1, 0.15) is 48.4 Å². The Bertz CT molecular complexity index is 1560. The minimum Gasteiger partial charge on any atom is -0.507 e. The molecule has 1 saturated heterocycles. The molecular weight excluding hydrogens is 496 g/mol. The number of rotatable bonds is 6. The van der Waals surface area contributed by atoms with E-state index in [-0.39, 0.29) is 16.7 Å². The van der Waals surface area contributed by atoms with E-state index in [0.717, 1.165) is 26.9 Å². The number of thiophene rings is 1. The van der Waals surface area contributed by atoms with Crippen molar-refractivity contribution in [3.8, 4) is 5.75 Å². The number of aromatic nitrogens is 1. The largest absolute Gasteiger partial charge is 0.507 e. The van der Waals surface area contributed by atoms with Crippen LogP contribution >= 0.6 is 11.3 Å². The summed E-state index contributed by atoms with van der Waals surface area (Å²) in [6, 6.07) is 16.9. The monoisotopic (exact) mass is 528 g/mol. The molecule has 6 nitrogen and oxygen atoms in total. The van der Waals surface area contributed by atoms with Crippen LogP contribution in [0.3, 0.4) is 0 Å². The van der Waals surface area contributed by atoms with Crippen LogP contribution in [0.15, 0.2) is 71.7 Å². The number of carbonyl (C=O) groups excluding carboxylic acids is 2. The van der Waals surface area contributed by atoms with Gasteiger partial charge in [-0.15, -0.1) is 11.3 Å². The number of nitrogens with zero attached hydrogens (tertiary/aromatic N) is 2. The Morgan fingerprint density at radius 2 is 1.84 bits per heavy atom. The molecule has 38 heavy (non-hydrogen) atoms. The maximum atomic E-state index is 13.5. The Hall–Kier alpha value is -3.84. The van der Waals surface area contributed by atoms with Gasteiger partial charge in [-0.05, 0) is 52.6 Å².